The summed E-state index contributed by atoms with van der Waals surface area (Å²) in [5, 5.41) is 5.79. The van der Waals surface area contributed by atoms with Crippen molar-refractivity contribution < 1.29 is 0 Å². The Morgan fingerprint density at radius 1 is 1.04 bits per heavy atom. The number of anilines is 2. The fourth-order valence-corrected chi connectivity index (χ4v) is 3.08. The number of hydrogen-bond acceptors (Lipinski definition) is 6. The van der Waals surface area contributed by atoms with E-state index in [2.05, 4.69) is 29.9 Å². The summed E-state index contributed by atoms with van der Waals surface area (Å²) < 4.78 is 1.77. The first-order valence-corrected chi connectivity index (χ1v) is 7.85. The number of aryl methyl sites for hydroxylation is 1. The van der Waals surface area contributed by atoms with Gasteiger partial charge in [-0.3, -0.25) is 4.68 Å². The van der Waals surface area contributed by atoms with E-state index in [1.165, 1.54) is 0 Å². The normalized spacial score (nSPS) is 15.4. The molecular formula is C15H16ClN7. The van der Waals surface area contributed by atoms with Crippen LogP contribution in [-0.2, 0) is 7.05 Å². The minimum absolute atomic E-state index is 0.526. The van der Waals surface area contributed by atoms with Crippen LogP contribution in [0.2, 0.25) is 5.15 Å². The van der Waals surface area contributed by atoms with Gasteiger partial charge >= 0.3 is 0 Å². The molecule has 7 nitrogen and oxygen atoms in total. The first-order chi connectivity index (χ1) is 11.2. The SMILES string of the molecule is Cn1ncc2c(N3CCN(c4cccc(Cl)n4)CC3)ncnc21. The average molecular weight is 330 g/mol. The third-order valence-electron chi connectivity index (χ3n) is 4.11. The van der Waals surface area contributed by atoms with E-state index in [0.717, 1.165) is 48.8 Å². The predicted octanol–water partition coefficient (Wildman–Crippen LogP) is 1.74. The zero-order chi connectivity index (χ0) is 15.8. The second kappa shape index (κ2) is 5.66. The summed E-state index contributed by atoms with van der Waals surface area (Å²) in [6.45, 7) is 3.49. The molecule has 0 N–H and O–H groups in total. The molecular weight excluding hydrogens is 314 g/mol. The Balaban J connectivity index is 1.55. The average Bonchev–Trinajstić information content (AvgIpc) is 2.97. The van der Waals surface area contributed by atoms with Gasteiger partial charge in [0.2, 0.25) is 0 Å². The quantitative estimate of drug-likeness (QED) is 0.667. The highest BCUT2D eigenvalue weighted by Gasteiger charge is 2.21. The molecule has 0 unspecified atom stereocenters. The van der Waals surface area contributed by atoms with Crippen molar-refractivity contribution in [2.75, 3.05) is 36.0 Å². The zero-order valence-electron chi connectivity index (χ0n) is 12.7. The number of fused-ring (bicyclic) bond motifs is 1. The third-order valence-corrected chi connectivity index (χ3v) is 4.32. The number of halogens is 1. The molecule has 0 spiro atoms. The zero-order valence-corrected chi connectivity index (χ0v) is 13.5. The van der Waals surface area contributed by atoms with E-state index in [1.54, 1.807) is 17.1 Å². The molecule has 0 aromatic carbocycles. The van der Waals surface area contributed by atoms with Crippen LogP contribution >= 0.6 is 11.6 Å². The highest BCUT2D eigenvalue weighted by Crippen LogP contribution is 2.24. The highest BCUT2D eigenvalue weighted by molar-refractivity contribution is 6.29. The predicted molar refractivity (Wildman–Crippen MR) is 90.0 cm³/mol. The van der Waals surface area contributed by atoms with Crippen LogP contribution in [0.3, 0.4) is 0 Å². The molecule has 118 valence electrons. The maximum absolute atomic E-state index is 5.98. The molecule has 1 aliphatic rings. The molecule has 1 saturated heterocycles. The number of aromatic nitrogens is 5. The first-order valence-electron chi connectivity index (χ1n) is 7.47. The van der Waals surface area contributed by atoms with Gasteiger partial charge in [0.15, 0.2) is 5.65 Å². The molecule has 3 aromatic rings. The van der Waals surface area contributed by atoms with E-state index in [-0.39, 0.29) is 0 Å². The second-order valence-electron chi connectivity index (χ2n) is 5.50. The molecule has 1 aliphatic heterocycles. The van der Waals surface area contributed by atoms with Crippen LogP contribution in [0.5, 0.6) is 0 Å². The molecule has 0 bridgehead atoms. The van der Waals surface area contributed by atoms with Crippen molar-refractivity contribution in [3.05, 3.63) is 35.9 Å². The summed E-state index contributed by atoms with van der Waals surface area (Å²) in [5.41, 5.74) is 0.855. The van der Waals surface area contributed by atoms with Gasteiger partial charge in [0.05, 0.1) is 11.6 Å². The van der Waals surface area contributed by atoms with Gasteiger partial charge in [0.1, 0.15) is 23.1 Å². The Morgan fingerprint density at radius 3 is 2.61 bits per heavy atom. The van der Waals surface area contributed by atoms with Crippen molar-refractivity contribution in [1.82, 2.24) is 24.7 Å². The summed E-state index contributed by atoms with van der Waals surface area (Å²) in [4.78, 5) is 17.7. The van der Waals surface area contributed by atoms with Gasteiger partial charge in [-0.25, -0.2) is 15.0 Å². The van der Waals surface area contributed by atoms with Crippen LogP contribution in [0.1, 0.15) is 0 Å². The van der Waals surface area contributed by atoms with Gasteiger partial charge < -0.3 is 9.80 Å². The Labute approximate surface area is 138 Å². The summed E-state index contributed by atoms with van der Waals surface area (Å²) in [6, 6.07) is 5.72. The van der Waals surface area contributed by atoms with Crippen molar-refractivity contribution in [2.45, 2.75) is 0 Å². The maximum atomic E-state index is 5.98. The number of nitrogens with zero attached hydrogens (tertiary/aromatic N) is 7. The molecule has 8 heteroatoms. The van der Waals surface area contributed by atoms with Crippen molar-refractivity contribution in [3.63, 3.8) is 0 Å². The molecule has 3 aromatic heterocycles. The smallest absolute Gasteiger partial charge is 0.163 e. The van der Waals surface area contributed by atoms with Crippen molar-refractivity contribution >= 4 is 34.3 Å². The fourth-order valence-electron chi connectivity index (χ4n) is 2.92. The lowest BCUT2D eigenvalue weighted by atomic mass is 10.2. The Bertz CT molecular complexity index is 839. The van der Waals surface area contributed by atoms with Crippen LogP contribution in [0.25, 0.3) is 11.0 Å². The molecule has 0 saturated carbocycles. The lowest BCUT2D eigenvalue weighted by molar-refractivity contribution is 0.643. The minimum atomic E-state index is 0.526. The van der Waals surface area contributed by atoms with Gasteiger partial charge in [-0.1, -0.05) is 17.7 Å². The fraction of sp³-hybridized carbons (Fsp3) is 0.333. The van der Waals surface area contributed by atoms with Crippen molar-refractivity contribution in [3.8, 4) is 0 Å². The number of piperazine rings is 1. The topological polar surface area (TPSA) is 63.0 Å². The molecule has 0 aliphatic carbocycles. The van der Waals surface area contributed by atoms with Crippen LogP contribution in [-0.4, -0.2) is 50.9 Å². The van der Waals surface area contributed by atoms with Gasteiger partial charge in [0.25, 0.3) is 0 Å². The van der Waals surface area contributed by atoms with E-state index in [1.807, 2.05) is 25.4 Å². The highest BCUT2D eigenvalue weighted by atomic mass is 35.5. The third kappa shape index (κ3) is 2.57. The summed E-state index contributed by atoms with van der Waals surface area (Å²) in [7, 11) is 1.89. The lowest BCUT2D eigenvalue weighted by Crippen LogP contribution is -2.47. The number of rotatable bonds is 2. The van der Waals surface area contributed by atoms with E-state index < -0.39 is 0 Å². The summed E-state index contributed by atoms with van der Waals surface area (Å²) >= 11 is 5.98. The van der Waals surface area contributed by atoms with E-state index in [4.69, 9.17) is 11.6 Å². The van der Waals surface area contributed by atoms with Gasteiger partial charge in [-0.15, -0.1) is 0 Å². The van der Waals surface area contributed by atoms with Crippen LogP contribution < -0.4 is 9.80 Å². The molecule has 4 rings (SSSR count). The second-order valence-corrected chi connectivity index (χ2v) is 5.88. The molecule has 0 radical (unpaired) electrons. The van der Waals surface area contributed by atoms with Crippen molar-refractivity contribution in [2.24, 2.45) is 7.05 Å². The number of hydrogen-bond donors (Lipinski definition) is 0. The molecule has 1 fully saturated rings. The number of pyridine rings is 1. The van der Waals surface area contributed by atoms with Crippen molar-refractivity contribution in [1.29, 1.82) is 0 Å². The van der Waals surface area contributed by atoms with E-state index >= 15 is 0 Å². The van der Waals surface area contributed by atoms with Gasteiger partial charge in [-0.05, 0) is 12.1 Å². The molecule has 0 atom stereocenters. The summed E-state index contributed by atoms with van der Waals surface area (Å²) in [5.74, 6) is 1.87. The van der Waals surface area contributed by atoms with Gasteiger partial charge in [0, 0.05) is 33.2 Å². The standard InChI is InChI=1S/C15H16ClN7/c1-21-14-11(9-19-21)15(18-10-17-14)23-7-5-22(6-8-23)13-4-2-3-12(16)20-13/h2-4,9-10H,5-8H2,1H3. The van der Waals surface area contributed by atoms with Crippen LogP contribution in [0, 0.1) is 0 Å². The Morgan fingerprint density at radius 2 is 1.83 bits per heavy atom. The first kappa shape index (κ1) is 14.2. The van der Waals surface area contributed by atoms with Crippen LogP contribution in [0.15, 0.2) is 30.7 Å². The van der Waals surface area contributed by atoms with Crippen LogP contribution in [0.4, 0.5) is 11.6 Å². The molecule has 4 heterocycles. The Hall–Kier alpha value is -2.41. The largest absolute Gasteiger partial charge is 0.353 e. The monoisotopic (exact) mass is 329 g/mol. The maximum Gasteiger partial charge on any atom is 0.163 e. The van der Waals surface area contributed by atoms with E-state index in [0.29, 0.717) is 5.15 Å². The lowest BCUT2D eigenvalue weighted by Gasteiger charge is -2.36. The minimum Gasteiger partial charge on any atom is -0.353 e. The van der Waals surface area contributed by atoms with Gasteiger partial charge in [-0.2, -0.15) is 5.10 Å². The van der Waals surface area contributed by atoms with E-state index in [9.17, 15) is 0 Å². The Kier molecular flexibility index (Phi) is 3.49. The molecule has 0 amide bonds. The summed E-state index contributed by atoms with van der Waals surface area (Å²) in [6.07, 6.45) is 3.43. The molecule has 23 heavy (non-hydrogen) atoms.